The summed E-state index contributed by atoms with van der Waals surface area (Å²) in [7, 11) is 0. The summed E-state index contributed by atoms with van der Waals surface area (Å²) in [6, 6.07) is 10.5. The lowest BCUT2D eigenvalue weighted by Gasteiger charge is -2.22. The maximum atomic E-state index is 13.9. The molecule has 4 rings (SSSR count). The highest BCUT2D eigenvalue weighted by Crippen LogP contribution is 2.44. The molecule has 0 spiro atoms. The molecule has 0 radical (unpaired) electrons. The molecule has 33 heavy (non-hydrogen) atoms. The SMILES string of the molecule is CC(F)(F)c1cccc(C2COC(c3cccc(C(F)(F)F)c3)=C2C(O)C2=CNCC=C2)c1. The highest BCUT2D eigenvalue weighted by atomic mass is 19.4. The van der Waals surface area contributed by atoms with Gasteiger partial charge in [-0.3, -0.25) is 0 Å². The number of ether oxygens (including phenoxy) is 1. The molecular weight excluding hydrogens is 441 g/mol. The quantitative estimate of drug-likeness (QED) is 0.555. The number of hydrogen-bond donors (Lipinski definition) is 2. The molecule has 0 amide bonds. The van der Waals surface area contributed by atoms with Gasteiger partial charge in [0.1, 0.15) is 11.9 Å². The molecule has 2 aromatic carbocycles. The van der Waals surface area contributed by atoms with Gasteiger partial charge in [0.25, 0.3) is 5.92 Å². The van der Waals surface area contributed by atoms with Gasteiger partial charge >= 0.3 is 6.18 Å². The van der Waals surface area contributed by atoms with E-state index >= 15 is 0 Å². The maximum Gasteiger partial charge on any atom is 0.416 e. The topological polar surface area (TPSA) is 41.5 Å². The first-order chi connectivity index (χ1) is 15.6. The van der Waals surface area contributed by atoms with Gasteiger partial charge in [0.2, 0.25) is 0 Å². The molecule has 0 saturated carbocycles. The van der Waals surface area contributed by atoms with E-state index in [-0.39, 0.29) is 23.5 Å². The third-order valence-corrected chi connectivity index (χ3v) is 5.70. The van der Waals surface area contributed by atoms with Crippen LogP contribution in [0.15, 0.2) is 78.0 Å². The van der Waals surface area contributed by atoms with Crippen LogP contribution in [-0.2, 0) is 16.8 Å². The summed E-state index contributed by atoms with van der Waals surface area (Å²) < 4.78 is 73.6. The Morgan fingerprint density at radius 2 is 1.76 bits per heavy atom. The van der Waals surface area contributed by atoms with Gasteiger partial charge in [0, 0.05) is 47.9 Å². The van der Waals surface area contributed by atoms with E-state index in [0.29, 0.717) is 23.3 Å². The van der Waals surface area contributed by atoms with Gasteiger partial charge in [-0.25, -0.2) is 8.78 Å². The number of alkyl halides is 5. The summed E-state index contributed by atoms with van der Waals surface area (Å²) in [4.78, 5) is 0. The van der Waals surface area contributed by atoms with E-state index in [1.807, 2.05) is 0 Å². The molecule has 0 saturated heterocycles. The Bertz CT molecular complexity index is 1130. The number of dihydropyridines is 1. The molecule has 0 fully saturated rings. The molecule has 2 heterocycles. The number of aliphatic hydroxyl groups is 1. The average Bonchev–Trinajstić information content (AvgIpc) is 3.23. The molecule has 0 aliphatic carbocycles. The van der Waals surface area contributed by atoms with Gasteiger partial charge in [-0.05, 0) is 23.8 Å². The Kier molecular flexibility index (Phi) is 6.05. The lowest BCUT2D eigenvalue weighted by molar-refractivity contribution is -0.137. The summed E-state index contributed by atoms with van der Waals surface area (Å²) in [5, 5.41) is 14.2. The molecular formula is C25H22F5NO2. The van der Waals surface area contributed by atoms with E-state index in [1.54, 1.807) is 24.4 Å². The van der Waals surface area contributed by atoms with E-state index < -0.39 is 29.7 Å². The third-order valence-electron chi connectivity index (χ3n) is 5.70. The van der Waals surface area contributed by atoms with Crippen LogP contribution in [0.3, 0.4) is 0 Å². The van der Waals surface area contributed by atoms with Crippen molar-refractivity contribution in [2.45, 2.75) is 31.0 Å². The Balaban J connectivity index is 1.84. The number of hydrogen-bond acceptors (Lipinski definition) is 3. The minimum Gasteiger partial charge on any atom is -0.492 e. The molecule has 2 atom stereocenters. The summed E-state index contributed by atoms with van der Waals surface area (Å²) >= 11 is 0. The molecule has 3 nitrogen and oxygen atoms in total. The summed E-state index contributed by atoms with van der Waals surface area (Å²) in [5.74, 6) is -3.57. The van der Waals surface area contributed by atoms with Gasteiger partial charge in [-0.15, -0.1) is 0 Å². The van der Waals surface area contributed by atoms with E-state index in [9.17, 15) is 27.1 Å². The average molecular weight is 463 g/mol. The van der Waals surface area contributed by atoms with Crippen LogP contribution in [0, 0.1) is 0 Å². The van der Waals surface area contributed by atoms with Gasteiger partial charge in [0.15, 0.2) is 0 Å². The number of halogens is 5. The first-order valence-corrected chi connectivity index (χ1v) is 10.4. The predicted molar refractivity (Wildman–Crippen MR) is 114 cm³/mol. The van der Waals surface area contributed by atoms with Gasteiger partial charge < -0.3 is 15.2 Å². The molecule has 2 N–H and O–H groups in total. The second kappa shape index (κ2) is 8.67. The van der Waals surface area contributed by atoms with Crippen molar-refractivity contribution < 1.29 is 31.8 Å². The summed E-state index contributed by atoms with van der Waals surface area (Å²) in [6.07, 6.45) is -0.631. The first kappa shape index (κ1) is 23.0. The lowest BCUT2D eigenvalue weighted by atomic mass is 9.84. The Morgan fingerprint density at radius 1 is 1.03 bits per heavy atom. The molecule has 0 aromatic heterocycles. The van der Waals surface area contributed by atoms with Crippen molar-refractivity contribution >= 4 is 5.76 Å². The second-order valence-corrected chi connectivity index (χ2v) is 8.10. The molecule has 8 heteroatoms. The number of aliphatic hydroxyl groups excluding tert-OH is 1. The van der Waals surface area contributed by atoms with Crippen LogP contribution in [0.5, 0.6) is 0 Å². The van der Waals surface area contributed by atoms with Gasteiger partial charge in [-0.1, -0.05) is 42.5 Å². The zero-order valence-corrected chi connectivity index (χ0v) is 17.7. The number of benzene rings is 2. The van der Waals surface area contributed by atoms with Crippen molar-refractivity contribution in [2.75, 3.05) is 13.2 Å². The van der Waals surface area contributed by atoms with Crippen molar-refractivity contribution in [3.63, 3.8) is 0 Å². The van der Waals surface area contributed by atoms with Crippen LogP contribution in [-0.4, -0.2) is 24.4 Å². The fraction of sp³-hybridized carbons (Fsp3) is 0.280. The minimum absolute atomic E-state index is 0.00113. The Morgan fingerprint density at radius 3 is 2.42 bits per heavy atom. The molecule has 2 aromatic rings. The van der Waals surface area contributed by atoms with Crippen LogP contribution in [0.2, 0.25) is 0 Å². The van der Waals surface area contributed by atoms with Crippen molar-refractivity contribution in [1.29, 1.82) is 0 Å². The van der Waals surface area contributed by atoms with Crippen molar-refractivity contribution in [3.8, 4) is 0 Å². The maximum absolute atomic E-state index is 13.9. The summed E-state index contributed by atoms with van der Waals surface area (Å²) in [6.45, 7) is 1.37. The number of rotatable bonds is 5. The second-order valence-electron chi connectivity index (χ2n) is 8.10. The molecule has 2 aliphatic heterocycles. The zero-order chi connectivity index (χ0) is 23.8. The van der Waals surface area contributed by atoms with E-state index in [4.69, 9.17) is 4.74 Å². The zero-order valence-electron chi connectivity index (χ0n) is 17.7. The number of nitrogens with one attached hydrogen (secondary N) is 1. The van der Waals surface area contributed by atoms with Gasteiger partial charge in [0.05, 0.1) is 12.2 Å². The smallest absolute Gasteiger partial charge is 0.416 e. The van der Waals surface area contributed by atoms with Crippen molar-refractivity contribution in [3.05, 3.63) is 100 Å². The van der Waals surface area contributed by atoms with Crippen molar-refractivity contribution in [2.24, 2.45) is 0 Å². The largest absolute Gasteiger partial charge is 0.492 e. The van der Waals surface area contributed by atoms with E-state index in [1.165, 1.54) is 30.3 Å². The van der Waals surface area contributed by atoms with E-state index in [0.717, 1.165) is 19.1 Å². The minimum atomic E-state index is -4.55. The molecule has 2 aliphatic rings. The highest BCUT2D eigenvalue weighted by molar-refractivity contribution is 5.70. The molecule has 174 valence electrons. The van der Waals surface area contributed by atoms with Crippen LogP contribution in [0.4, 0.5) is 22.0 Å². The molecule has 0 bridgehead atoms. The lowest BCUT2D eigenvalue weighted by Crippen LogP contribution is -2.22. The fourth-order valence-corrected chi connectivity index (χ4v) is 4.04. The first-order valence-electron chi connectivity index (χ1n) is 10.4. The normalized spacial score (nSPS) is 19.7. The predicted octanol–water partition coefficient (Wildman–Crippen LogP) is 5.75. The van der Waals surface area contributed by atoms with Crippen LogP contribution in [0.25, 0.3) is 5.76 Å². The van der Waals surface area contributed by atoms with Crippen LogP contribution >= 0.6 is 0 Å². The van der Waals surface area contributed by atoms with Crippen molar-refractivity contribution in [1.82, 2.24) is 5.32 Å². The van der Waals surface area contributed by atoms with Crippen LogP contribution in [0.1, 0.15) is 35.1 Å². The monoisotopic (exact) mass is 463 g/mol. The third kappa shape index (κ3) is 4.80. The Hall–Kier alpha value is -3.13. The standard InChI is InChI=1S/C25H22F5NO2/c1-24(26,27)18-8-2-5-15(11-18)20-14-33-23(16-6-3-9-19(12-16)25(28,29)30)21(20)22(32)17-7-4-10-31-13-17/h2-9,11-13,20,22,31-32H,10,14H2,1H3. The van der Waals surface area contributed by atoms with E-state index in [2.05, 4.69) is 5.32 Å². The fourth-order valence-electron chi connectivity index (χ4n) is 4.04. The van der Waals surface area contributed by atoms with Gasteiger partial charge in [-0.2, -0.15) is 13.2 Å². The Labute approximate surface area is 187 Å². The molecule has 2 unspecified atom stereocenters. The highest BCUT2D eigenvalue weighted by Gasteiger charge is 2.37. The van der Waals surface area contributed by atoms with Crippen LogP contribution < -0.4 is 5.32 Å². The summed E-state index contributed by atoms with van der Waals surface area (Å²) in [5.41, 5.74) is 0.419.